The number of ether oxygens (including phenoxy) is 1. The highest BCUT2D eigenvalue weighted by atomic mass is 32.1. The number of piperidine rings is 1. The summed E-state index contributed by atoms with van der Waals surface area (Å²) in [6, 6.07) is 10.6. The highest BCUT2D eigenvalue weighted by Gasteiger charge is 2.28. The SMILES string of the molecule is COc1cccc(F)c1CN1CC(C)CC(NC(=O)c2ccc3[nH]nc(C4=Cc5sc(C)nc5CC4)c3c2)C1. The molecule has 3 heterocycles. The third-order valence-corrected chi connectivity index (χ3v) is 8.61. The van der Waals surface area contributed by atoms with Crippen molar-refractivity contribution >= 4 is 39.8 Å². The van der Waals surface area contributed by atoms with Gasteiger partial charge in [-0.05, 0) is 74.1 Å². The maximum Gasteiger partial charge on any atom is 0.251 e. The smallest absolute Gasteiger partial charge is 0.251 e. The fraction of sp³-hybridized carbons (Fsp3) is 0.367. The Balaban J connectivity index is 1.19. The largest absolute Gasteiger partial charge is 0.496 e. The number of rotatable bonds is 6. The van der Waals surface area contributed by atoms with Gasteiger partial charge in [-0.2, -0.15) is 5.10 Å². The number of fused-ring (bicyclic) bond motifs is 2. The Bertz CT molecular complexity index is 1570. The summed E-state index contributed by atoms with van der Waals surface area (Å²) in [6.07, 6.45) is 4.83. The average Bonchev–Trinajstić information content (AvgIpc) is 3.51. The van der Waals surface area contributed by atoms with Crippen LogP contribution in [0.15, 0.2) is 36.4 Å². The zero-order valence-corrected chi connectivity index (χ0v) is 23.2. The van der Waals surface area contributed by atoms with Gasteiger partial charge in [0.05, 0.1) is 33.9 Å². The summed E-state index contributed by atoms with van der Waals surface area (Å²) < 4.78 is 20.0. The van der Waals surface area contributed by atoms with E-state index in [0.29, 0.717) is 35.9 Å². The Labute approximate surface area is 231 Å². The van der Waals surface area contributed by atoms with Crippen molar-refractivity contribution in [3.05, 3.63) is 74.6 Å². The van der Waals surface area contributed by atoms with Gasteiger partial charge < -0.3 is 10.1 Å². The summed E-state index contributed by atoms with van der Waals surface area (Å²) in [6.45, 7) is 6.13. The second-order valence-electron chi connectivity index (χ2n) is 10.7. The van der Waals surface area contributed by atoms with E-state index in [9.17, 15) is 9.18 Å². The maximum atomic E-state index is 14.6. The number of allylic oxidation sites excluding steroid dienone is 1. The number of halogens is 1. The third-order valence-electron chi connectivity index (χ3n) is 7.65. The van der Waals surface area contributed by atoms with Crippen molar-refractivity contribution in [2.45, 2.75) is 45.7 Å². The molecule has 7 nitrogen and oxygen atoms in total. The predicted molar refractivity (Wildman–Crippen MR) is 152 cm³/mol. The van der Waals surface area contributed by atoms with Crippen molar-refractivity contribution in [1.82, 2.24) is 25.4 Å². The Hall–Kier alpha value is -3.56. The Morgan fingerprint density at radius 1 is 1.26 bits per heavy atom. The lowest BCUT2D eigenvalue weighted by Crippen LogP contribution is -2.50. The van der Waals surface area contributed by atoms with Crippen LogP contribution in [0.2, 0.25) is 0 Å². The first-order valence-electron chi connectivity index (χ1n) is 13.4. The number of thiazole rings is 1. The van der Waals surface area contributed by atoms with Crippen LogP contribution in [-0.4, -0.2) is 52.2 Å². The number of amides is 1. The van der Waals surface area contributed by atoms with Gasteiger partial charge in [0.2, 0.25) is 0 Å². The number of methoxy groups -OCH3 is 1. The van der Waals surface area contributed by atoms with Crippen LogP contribution in [0, 0.1) is 18.7 Å². The van der Waals surface area contributed by atoms with E-state index in [4.69, 9.17) is 4.74 Å². The molecule has 202 valence electrons. The molecule has 2 N–H and O–H groups in total. The Kier molecular flexibility index (Phi) is 6.95. The number of benzene rings is 2. The number of hydrogen-bond acceptors (Lipinski definition) is 6. The van der Waals surface area contributed by atoms with Gasteiger partial charge in [-0.3, -0.25) is 14.8 Å². The van der Waals surface area contributed by atoms with Crippen LogP contribution in [-0.2, 0) is 13.0 Å². The van der Waals surface area contributed by atoms with E-state index < -0.39 is 0 Å². The van der Waals surface area contributed by atoms with Gasteiger partial charge in [-0.1, -0.05) is 13.0 Å². The summed E-state index contributed by atoms with van der Waals surface area (Å²) in [5, 5.41) is 13.0. The lowest BCUT2D eigenvalue weighted by Gasteiger charge is -2.37. The fourth-order valence-electron chi connectivity index (χ4n) is 5.92. The van der Waals surface area contributed by atoms with Gasteiger partial charge in [0.25, 0.3) is 5.91 Å². The van der Waals surface area contributed by atoms with E-state index in [0.717, 1.165) is 58.7 Å². The Morgan fingerprint density at radius 2 is 2.13 bits per heavy atom. The van der Waals surface area contributed by atoms with Crippen molar-refractivity contribution in [1.29, 1.82) is 0 Å². The molecule has 2 aliphatic rings. The minimum absolute atomic E-state index is 0.0347. The van der Waals surface area contributed by atoms with Gasteiger partial charge in [0.15, 0.2) is 0 Å². The molecular weight excluding hydrogens is 513 g/mol. The molecule has 2 unspecified atom stereocenters. The molecule has 1 aliphatic carbocycles. The molecule has 0 saturated carbocycles. The number of aromatic amines is 1. The van der Waals surface area contributed by atoms with Crippen LogP contribution in [0.5, 0.6) is 5.75 Å². The van der Waals surface area contributed by atoms with E-state index in [1.807, 2.05) is 25.1 Å². The minimum Gasteiger partial charge on any atom is -0.496 e. The summed E-state index contributed by atoms with van der Waals surface area (Å²) in [7, 11) is 1.56. The monoisotopic (exact) mass is 545 g/mol. The van der Waals surface area contributed by atoms with Crippen LogP contribution in [0.25, 0.3) is 22.6 Å². The Morgan fingerprint density at radius 3 is 2.97 bits per heavy atom. The van der Waals surface area contributed by atoms with Crippen LogP contribution in [0.1, 0.15) is 57.0 Å². The van der Waals surface area contributed by atoms with Crippen LogP contribution in [0.3, 0.4) is 0 Å². The molecule has 0 radical (unpaired) electrons. The highest BCUT2D eigenvalue weighted by molar-refractivity contribution is 7.12. The maximum absolute atomic E-state index is 14.6. The summed E-state index contributed by atoms with van der Waals surface area (Å²) in [5.74, 6) is 0.535. The molecule has 2 atom stereocenters. The van der Waals surface area contributed by atoms with Crippen molar-refractivity contribution in [3.8, 4) is 5.75 Å². The zero-order valence-electron chi connectivity index (χ0n) is 22.4. The lowest BCUT2D eigenvalue weighted by atomic mass is 9.94. The van der Waals surface area contributed by atoms with Gasteiger partial charge in [0, 0.05) is 42.2 Å². The van der Waals surface area contributed by atoms with Crippen molar-refractivity contribution in [2.24, 2.45) is 5.92 Å². The number of hydrogen-bond donors (Lipinski definition) is 2. The van der Waals surface area contributed by atoms with E-state index in [1.165, 1.54) is 10.9 Å². The molecule has 2 aromatic carbocycles. The first-order chi connectivity index (χ1) is 18.9. The number of H-pyrrole nitrogens is 1. The number of nitrogens with zero attached hydrogens (tertiary/aromatic N) is 3. The van der Waals surface area contributed by atoms with Gasteiger partial charge in [-0.15, -0.1) is 11.3 Å². The first kappa shape index (κ1) is 25.7. The number of likely N-dealkylation sites (tertiary alicyclic amines) is 1. The van der Waals surface area contributed by atoms with Crippen molar-refractivity contribution in [2.75, 3.05) is 20.2 Å². The number of aryl methyl sites for hydroxylation is 2. The van der Waals surface area contributed by atoms with Crippen LogP contribution >= 0.6 is 11.3 Å². The minimum atomic E-state index is -0.271. The molecule has 9 heteroatoms. The summed E-state index contributed by atoms with van der Waals surface area (Å²) in [4.78, 5) is 21.4. The molecule has 0 bridgehead atoms. The molecule has 1 saturated heterocycles. The molecule has 4 aromatic rings. The van der Waals surface area contributed by atoms with Crippen LogP contribution < -0.4 is 10.1 Å². The van der Waals surface area contributed by atoms with Gasteiger partial charge in [-0.25, -0.2) is 9.37 Å². The number of carbonyl (C=O) groups excluding carboxylic acids is 1. The average molecular weight is 546 g/mol. The summed E-state index contributed by atoms with van der Waals surface area (Å²) >= 11 is 1.71. The van der Waals surface area contributed by atoms with Crippen molar-refractivity contribution < 1.29 is 13.9 Å². The van der Waals surface area contributed by atoms with Crippen molar-refractivity contribution in [3.63, 3.8) is 0 Å². The molecule has 0 spiro atoms. The third kappa shape index (κ3) is 5.21. The normalized spacial score (nSPS) is 19.5. The second-order valence-corrected chi connectivity index (χ2v) is 11.9. The van der Waals surface area contributed by atoms with E-state index >= 15 is 0 Å². The van der Waals surface area contributed by atoms with E-state index in [-0.39, 0.29) is 17.8 Å². The molecular formula is C30H32FN5O2S. The van der Waals surface area contributed by atoms with E-state index in [2.05, 4.69) is 38.4 Å². The highest BCUT2D eigenvalue weighted by Crippen LogP contribution is 2.35. The molecule has 1 amide bonds. The van der Waals surface area contributed by atoms with Gasteiger partial charge in [0.1, 0.15) is 11.6 Å². The number of nitrogens with one attached hydrogen (secondary N) is 2. The molecule has 1 fully saturated rings. The second kappa shape index (κ2) is 10.5. The predicted octanol–water partition coefficient (Wildman–Crippen LogP) is 5.60. The fourth-order valence-corrected chi connectivity index (χ4v) is 6.86. The molecule has 2 aromatic heterocycles. The molecule has 1 aliphatic heterocycles. The molecule has 6 rings (SSSR count). The van der Waals surface area contributed by atoms with E-state index in [1.54, 1.807) is 30.6 Å². The van der Waals surface area contributed by atoms with Crippen LogP contribution in [0.4, 0.5) is 4.39 Å². The van der Waals surface area contributed by atoms with Gasteiger partial charge >= 0.3 is 0 Å². The first-order valence-corrected chi connectivity index (χ1v) is 14.2. The topological polar surface area (TPSA) is 83.1 Å². The quantitative estimate of drug-likeness (QED) is 0.330. The molecule has 39 heavy (non-hydrogen) atoms. The number of carbonyl (C=O) groups is 1. The summed E-state index contributed by atoms with van der Waals surface area (Å²) in [5.41, 5.74) is 5.28. The number of aromatic nitrogens is 3. The lowest BCUT2D eigenvalue weighted by molar-refractivity contribution is 0.0868. The zero-order chi connectivity index (χ0) is 27.1. The standard InChI is InChI=1S/C30H32FN5O2S/c1-17-11-21(15-36(14-17)16-23-24(31)5-4-6-27(23)38-3)33-30(37)20-8-9-25-22(12-20)29(35-34-25)19-7-10-26-28(13-19)39-18(2)32-26/h4-6,8-9,12-13,17,21H,7,10-11,14-16H2,1-3H3,(H,33,37)(H,34,35).